The fourth-order valence-electron chi connectivity index (χ4n) is 1.51. The largest absolute Gasteiger partial charge is 0.473 e. The van der Waals surface area contributed by atoms with Crippen LogP contribution in [0.15, 0.2) is 41.2 Å². The number of hydrogen-bond donors (Lipinski definition) is 2. The van der Waals surface area contributed by atoms with Gasteiger partial charge in [-0.05, 0) is 5.56 Å². The third-order valence-electron chi connectivity index (χ3n) is 2.38. The molecule has 0 atom stereocenters. The summed E-state index contributed by atoms with van der Waals surface area (Å²) < 4.78 is 5.42. The smallest absolute Gasteiger partial charge is 0.252 e. The first-order valence-corrected chi connectivity index (χ1v) is 5.30. The van der Waals surface area contributed by atoms with Gasteiger partial charge in [0.25, 0.3) is 5.56 Å². The minimum absolute atomic E-state index is 0.103. The van der Waals surface area contributed by atoms with Crippen LogP contribution in [-0.2, 0) is 6.61 Å². The van der Waals surface area contributed by atoms with Gasteiger partial charge in [-0.1, -0.05) is 30.3 Å². The Balaban J connectivity index is 2.25. The topological polar surface area (TPSA) is 91.9 Å². The fourth-order valence-corrected chi connectivity index (χ4v) is 1.51. The Morgan fingerprint density at radius 1 is 1.33 bits per heavy atom. The lowest BCUT2D eigenvalue weighted by molar-refractivity contribution is 0.292. The maximum atomic E-state index is 11.3. The van der Waals surface area contributed by atoms with Gasteiger partial charge in [0.05, 0.1) is 5.69 Å². The molecule has 0 fully saturated rings. The number of aromatic amines is 1. The molecule has 0 radical (unpaired) electrons. The number of benzene rings is 1. The lowest BCUT2D eigenvalue weighted by Crippen LogP contribution is -2.11. The summed E-state index contributed by atoms with van der Waals surface area (Å²) in [5.41, 5.74) is 6.38. The Morgan fingerprint density at radius 2 is 2.06 bits per heavy atom. The van der Waals surface area contributed by atoms with Crippen molar-refractivity contribution in [1.82, 2.24) is 4.98 Å². The van der Waals surface area contributed by atoms with Crippen LogP contribution in [0, 0.1) is 11.3 Å². The van der Waals surface area contributed by atoms with Gasteiger partial charge >= 0.3 is 0 Å². The lowest BCUT2D eigenvalue weighted by atomic mass is 10.2. The van der Waals surface area contributed by atoms with Gasteiger partial charge in [0, 0.05) is 6.07 Å². The molecule has 0 bridgehead atoms. The molecule has 0 saturated carbocycles. The van der Waals surface area contributed by atoms with Gasteiger partial charge in [-0.25, -0.2) is 0 Å². The van der Waals surface area contributed by atoms with E-state index in [4.69, 9.17) is 15.7 Å². The third-order valence-corrected chi connectivity index (χ3v) is 2.38. The molecule has 2 rings (SSSR count). The molecule has 1 aromatic carbocycles. The molecule has 1 heterocycles. The number of nitrogens with one attached hydrogen (secondary N) is 1. The van der Waals surface area contributed by atoms with E-state index in [1.165, 1.54) is 0 Å². The van der Waals surface area contributed by atoms with Crippen LogP contribution in [0.2, 0.25) is 0 Å². The minimum atomic E-state index is -0.394. The summed E-state index contributed by atoms with van der Waals surface area (Å²) in [6.07, 6.45) is 0. The molecule has 5 nitrogen and oxygen atoms in total. The van der Waals surface area contributed by atoms with Crippen molar-refractivity contribution >= 4 is 5.69 Å². The van der Waals surface area contributed by atoms with E-state index in [1.807, 2.05) is 36.4 Å². The van der Waals surface area contributed by atoms with Crippen LogP contribution in [0.1, 0.15) is 11.1 Å². The van der Waals surface area contributed by atoms with Crippen LogP contribution in [-0.4, -0.2) is 4.98 Å². The number of nitrogen functional groups attached to an aromatic ring is 1. The zero-order chi connectivity index (χ0) is 13.0. The molecule has 5 heteroatoms. The second kappa shape index (κ2) is 5.06. The number of nitriles is 1. The number of hydrogen-bond acceptors (Lipinski definition) is 4. The maximum absolute atomic E-state index is 11.3. The number of nitrogens with two attached hydrogens (primary N) is 1. The number of nitrogens with zero attached hydrogens (tertiary/aromatic N) is 1. The fraction of sp³-hybridized carbons (Fsp3) is 0.0769. The summed E-state index contributed by atoms with van der Waals surface area (Å²) in [4.78, 5) is 13.7. The zero-order valence-electron chi connectivity index (χ0n) is 9.51. The predicted octanol–water partition coefficient (Wildman–Crippen LogP) is 1.41. The lowest BCUT2D eigenvalue weighted by Gasteiger charge is -2.08. The third kappa shape index (κ3) is 2.50. The second-order valence-electron chi connectivity index (χ2n) is 3.68. The Labute approximate surface area is 103 Å². The predicted molar refractivity (Wildman–Crippen MR) is 67.0 cm³/mol. The van der Waals surface area contributed by atoms with Crippen LogP contribution < -0.4 is 16.0 Å². The molecule has 0 saturated heterocycles. The molecule has 0 aliphatic rings. The van der Waals surface area contributed by atoms with E-state index < -0.39 is 5.56 Å². The van der Waals surface area contributed by atoms with Crippen LogP contribution in [0.5, 0.6) is 5.88 Å². The zero-order valence-corrected chi connectivity index (χ0v) is 9.51. The minimum Gasteiger partial charge on any atom is -0.473 e. The van der Waals surface area contributed by atoms with Gasteiger partial charge in [-0.2, -0.15) is 5.26 Å². The number of rotatable bonds is 3. The Morgan fingerprint density at radius 3 is 2.72 bits per heavy atom. The first-order chi connectivity index (χ1) is 8.70. The van der Waals surface area contributed by atoms with Crippen molar-refractivity contribution in [3.8, 4) is 11.9 Å². The van der Waals surface area contributed by atoms with E-state index in [9.17, 15) is 4.79 Å². The SMILES string of the molecule is N#Cc1c(N)cc(=O)[nH]c1OCc1ccccc1. The molecule has 3 N–H and O–H groups in total. The molecule has 0 aliphatic heterocycles. The molecule has 0 unspecified atom stereocenters. The van der Waals surface area contributed by atoms with Gasteiger partial charge in [0.2, 0.25) is 5.88 Å². The summed E-state index contributed by atoms with van der Waals surface area (Å²) in [6, 6.07) is 12.5. The number of anilines is 1. The van der Waals surface area contributed by atoms with Crippen molar-refractivity contribution in [3.63, 3.8) is 0 Å². The van der Waals surface area contributed by atoms with Crippen molar-refractivity contribution in [2.45, 2.75) is 6.61 Å². The average molecular weight is 241 g/mol. The van der Waals surface area contributed by atoms with Gasteiger partial charge in [-0.3, -0.25) is 9.78 Å². The van der Waals surface area contributed by atoms with Crippen LogP contribution in [0.3, 0.4) is 0 Å². The number of aromatic nitrogens is 1. The van der Waals surface area contributed by atoms with Crippen molar-refractivity contribution in [3.05, 3.63) is 57.9 Å². The summed E-state index contributed by atoms with van der Waals surface area (Å²) in [5, 5.41) is 8.96. The highest BCUT2D eigenvalue weighted by Gasteiger charge is 2.09. The molecule has 18 heavy (non-hydrogen) atoms. The highest BCUT2D eigenvalue weighted by molar-refractivity contribution is 5.57. The van der Waals surface area contributed by atoms with E-state index in [2.05, 4.69) is 4.98 Å². The number of H-pyrrole nitrogens is 1. The standard InChI is InChI=1S/C13H11N3O2/c14-7-10-11(15)6-12(17)16-13(10)18-8-9-4-2-1-3-5-9/h1-6H,8H2,(H3,15,16,17). The monoisotopic (exact) mass is 241 g/mol. The van der Waals surface area contributed by atoms with Gasteiger partial charge in [0.1, 0.15) is 18.2 Å². The molecule has 0 amide bonds. The summed E-state index contributed by atoms with van der Waals surface area (Å²) >= 11 is 0. The molecule has 90 valence electrons. The first-order valence-electron chi connectivity index (χ1n) is 5.30. The highest BCUT2D eigenvalue weighted by Crippen LogP contribution is 2.19. The van der Waals surface area contributed by atoms with Crippen molar-refractivity contribution in [2.24, 2.45) is 0 Å². The van der Waals surface area contributed by atoms with Gasteiger partial charge < -0.3 is 10.5 Å². The number of pyridine rings is 1. The molecule has 2 aromatic rings. The van der Waals surface area contributed by atoms with Crippen LogP contribution >= 0.6 is 0 Å². The molecule has 0 spiro atoms. The maximum Gasteiger partial charge on any atom is 0.252 e. The Hall–Kier alpha value is -2.74. The highest BCUT2D eigenvalue weighted by atomic mass is 16.5. The van der Waals surface area contributed by atoms with Crippen LogP contribution in [0.4, 0.5) is 5.69 Å². The second-order valence-corrected chi connectivity index (χ2v) is 3.68. The van der Waals surface area contributed by atoms with E-state index >= 15 is 0 Å². The summed E-state index contributed by atoms with van der Waals surface area (Å²) in [6.45, 7) is 0.259. The molecular weight excluding hydrogens is 230 g/mol. The quantitative estimate of drug-likeness (QED) is 0.849. The van der Waals surface area contributed by atoms with E-state index in [-0.39, 0.29) is 23.7 Å². The number of ether oxygens (including phenoxy) is 1. The molecular formula is C13H11N3O2. The molecule has 0 aliphatic carbocycles. The Bertz CT molecular complexity index is 642. The van der Waals surface area contributed by atoms with Crippen molar-refractivity contribution in [2.75, 3.05) is 5.73 Å². The normalized spacial score (nSPS) is 9.72. The Kier molecular flexibility index (Phi) is 3.30. The van der Waals surface area contributed by atoms with E-state index in [0.717, 1.165) is 11.6 Å². The van der Waals surface area contributed by atoms with E-state index in [0.29, 0.717) is 0 Å². The average Bonchev–Trinajstić information content (AvgIpc) is 2.37. The van der Waals surface area contributed by atoms with Gasteiger partial charge in [0.15, 0.2) is 0 Å². The van der Waals surface area contributed by atoms with Crippen molar-refractivity contribution < 1.29 is 4.74 Å². The summed E-state index contributed by atoms with van der Waals surface area (Å²) in [7, 11) is 0. The molecule has 1 aromatic heterocycles. The van der Waals surface area contributed by atoms with Gasteiger partial charge in [-0.15, -0.1) is 0 Å². The first kappa shape index (κ1) is 11.7. The van der Waals surface area contributed by atoms with Crippen LogP contribution in [0.25, 0.3) is 0 Å². The van der Waals surface area contributed by atoms with Crippen molar-refractivity contribution in [1.29, 1.82) is 5.26 Å². The van der Waals surface area contributed by atoms with E-state index in [1.54, 1.807) is 0 Å². The summed E-state index contributed by atoms with van der Waals surface area (Å²) in [5.74, 6) is 0.103.